The van der Waals surface area contributed by atoms with Crippen molar-refractivity contribution in [3.8, 4) is 0 Å². The van der Waals surface area contributed by atoms with E-state index < -0.39 is 5.60 Å². The first-order valence-electron chi connectivity index (χ1n) is 4.75. The van der Waals surface area contributed by atoms with Gasteiger partial charge in [-0.15, -0.1) is 0 Å². The van der Waals surface area contributed by atoms with Crippen molar-refractivity contribution >= 4 is 0 Å². The van der Waals surface area contributed by atoms with E-state index in [0.717, 1.165) is 12.0 Å². The summed E-state index contributed by atoms with van der Waals surface area (Å²) < 4.78 is 18.0. The van der Waals surface area contributed by atoms with Crippen LogP contribution in [0.2, 0.25) is 0 Å². The molecule has 1 aliphatic heterocycles. The van der Waals surface area contributed by atoms with Gasteiger partial charge in [-0.05, 0) is 29.7 Å². The Balaban J connectivity index is 2.43. The van der Waals surface area contributed by atoms with Crippen LogP contribution < -0.4 is 0 Å². The fourth-order valence-electron chi connectivity index (χ4n) is 1.74. The molecule has 1 saturated heterocycles. The summed E-state index contributed by atoms with van der Waals surface area (Å²) in [6.07, 6.45) is 0.790. The second-order valence-electron chi connectivity index (χ2n) is 3.68. The van der Waals surface area contributed by atoms with Crippen molar-refractivity contribution < 1.29 is 14.2 Å². The first kappa shape index (κ1) is 9.62. The van der Waals surface area contributed by atoms with Crippen LogP contribution in [0.4, 0.5) is 4.39 Å². The molecule has 0 unspecified atom stereocenters. The van der Waals surface area contributed by atoms with E-state index in [9.17, 15) is 9.50 Å². The predicted molar refractivity (Wildman–Crippen MR) is 50.5 cm³/mol. The van der Waals surface area contributed by atoms with Crippen LogP contribution in [0.25, 0.3) is 0 Å². The van der Waals surface area contributed by atoms with Gasteiger partial charge in [-0.3, -0.25) is 0 Å². The van der Waals surface area contributed by atoms with Crippen molar-refractivity contribution in [3.05, 3.63) is 35.1 Å². The molecule has 0 aliphatic carbocycles. The minimum absolute atomic E-state index is 0.267. The maximum atomic E-state index is 13.0. The van der Waals surface area contributed by atoms with Crippen molar-refractivity contribution in [1.29, 1.82) is 0 Å². The molecule has 2 rings (SSSR count). The summed E-state index contributed by atoms with van der Waals surface area (Å²) in [6.45, 7) is 2.52. The number of aliphatic hydroxyl groups is 1. The van der Waals surface area contributed by atoms with E-state index in [2.05, 4.69) is 0 Å². The number of hydrogen-bond acceptors (Lipinski definition) is 2. The molecule has 14 heavy (non-hydrogen) atoms. The maximum absolute atomic E-state index is 13.0. The average molecular weight is 196 g/mol. The van der Waals surface area contributed by atoms with Gasteiger partial charge in [0.1, 0.15) is 11.4 Å². The molecule has 1 heterocycles. The molecular formula is C11H13FO2. The lowest BCUT2D eigenvalue weighted by molar-refractivity contribution is -0.185. The predicted octanol–water partition coefficient (Wildman–Crippen LogP) is 1.61. The summed E-state index contributed by atoms with van der Waals surface area (Å²) in [5.74, 6) is -0.308. The Kier molecular flexibility index (Phi) is 2.29. The third-order valence-electron chi connectivity index (χ3n) is 2.64. The minimum Gasteiger partial charge on any atom is -0.380 e. The van der Waals surface area contributed by atoms with Crippen molar-refractivity contribution in [2.24, 2.45) is 0 Å². The second-order valence-corrected chi connectivity index (χ2v) is 3.68. The fourth-order valence-corrected chi connectivity index (χ4v) is 1.74. The monoisotopic (exact) mass is 196 g/mol. The Bertz CT molecular complexity index is 345. The molecule has 2 nitrogen and oxygen atoms in total. The lowest BCUT2D eigenvalue weighted by Gasteiger charge is -2.38. The molecule has 1 fully saturated rings. The minimum atomic E-state index is -0.965. The molecule has 1 aliphatic rings. The van der Waals surface area contributed by atoms with Gasteiger partial charge in [0.15, 0.2) is 0 Å². The van der Waals surface area contributed by atoms with Crippen LogP contribution in [-0.2, 0) is 16.8 Å². The van der Waals surface area contributed by atoms with E-state index in [1.54, 1.807) is 6.07 Å². The first-order chi connectivity index (χ1) is 6.65. The third kappa shape index (κ3) is 1.42. The van der Waals surface area contributed by atoms with Gasteiger partial charge in [-0.1, -0.05) is 13.0 Å². The average Bonchev–Trinajstić information content (AvgIpc) is 2.14. The Morgan fingerprint density at radius 3 is 2.71 bits per heavy atom. The molecule has 0 spiro atoms. The van der Waals surface area contributed by atoms with Gasteiger partial charge in [0.25, 0.3) is 0 Å². The summed E-state index contributed by atoms with van der Waals surface area (Å²) in [6, 6.07) is 4.55. The van der Waals surface area contributed by atoms with Gasteiger partial charge in [0, 0.05) is 0 Å². The van der Waals surface area contributed by atoms with Crippen LogP contribution in [0.5, 0.6) is 0 Å². The zero-order chi connectivity index (χ0) is 10.2. The summed E-state index contributed by atoms with van der Waals surface area (Å²) in [5.41, 5.74) is 0.691. The quantitative estimate of drug-likeness (QED) is 0.778. The van der Waals surface area contributed by atoms with Crippen LogP contribution in [0.1, 0.15) is 18.1 Å². The molecule has 0 atom stereocenters. The van der Waals surface area contributed by atoms with E-state index in [1.807, 2.05) is 6.92 Å². The first-order valence-corrected chi connectivity index (χ1v) is 4.75. The van der Waals surface area contributed by atoms with E-state index >= 15 is 0 Å². The number of hydrogen-bond donors (Lipinski definition) is 1. The Morgan fingerprint density at radius 2 is 2.21 bits per heavy atom. The molecule has 0 amide bonds. The molecule has 1 N–H and O–H groups in total. The Labute approximate surface area is 82.3 Å². The summed E-state index contributed by atoms with van der Waals surface area (Å²) in [7, 11) is 0. The molecule has 0 aromatic heterocycles. The standard InChI is InChI=1S/C11H13FO2/c1-2-8-3-4-9(12)5-10(8)11(13)6-14-7-11/h3-5,13H,2,6-7H2,1H3. The van der Waals surface area contributed by atoms with Gasteiger partial charge < -0.3 is 9.84 Å². The van der Waals surface area contributed by atoms with Crippen LogP contribution in [-0.4, -0.2) is 18.3 Å². The third-order valence-corrected chi connectivity index (χ3v) is 2.64. The van der Waals surface area contributed by atoms with E-state index in [0.29, 0.717) is 5.56 Å². The number of halogens is 1. The van der Waals surface area contributed by atoms with Crippen LogP contribution in [0.15, 0.2) is 18.2 Å². The molecule has 0 saturated carbocycles. The van der Waals surface area contributed by atoms with E-state index in [4.69, 9.17) is 4.74 Å². The topological polar surface area (TPSA) is 29.5 Å². The number of ether oxygens (including phenoxy) is 1. The van der Waals surface area contributed by atoms with E-state index in [1.165, 1.54) is 12.1 Å². The van der Waals surface area contributed by atoms with Crippen molar-refractivity contribution in [2.45, 2.75) is 18.9 Å². The molecule has 3 heteroatoms. The second kappa shape index (κ2) is 3.33. The van der Waals surface area contributed by atoms with E-state index in [-0.39, 0.29) is 19.0 Å². The highest BCUT2D eigenvalue weighted by Gasteiger charge is 2.39. The lowest BCUT2D eigenvalue weighted by Crippen LogP contribution is -2.47. The summed E-state index contributed by atoms with van der Waals surface area (Å²) in [4.78, 5) is 0. The van der Waals surface area contributed by atoms with Crippen molar-refractivity contribution in [1.82, 2.24) is 0 Å². The Hall–Kier alpha value is -0.930. The smallest absolute Gasteiger partial charge is 0.136 e. The molecule has 0 bridgehead atoms. The van der Waals surface area contributed by atoms with Crippen LogP contribution in [0, 0.1) is 5.82 Å². The number of rotatable bonds is 2. The normalized spacial score (nSPS) is 19.1. The van der Waals surface area contributed by atoms with Crippen LogP contribution >= 0.6 is 0 Å². The lowest BCUT2D eigenvalue weighted by atomic mass is 9.87. The largest absolute Gasteiger partial charge is 0.380 e. The molecule has 0 radical (unpaired) electrons. The Morgan fingerprint density at radius 1 is 1.50 bits per heavy atom. The zero-order valence-corrected chi connectivity index (χ0v) is 8.09. The van der Waals surface area contributed by atoms with Crippen molar-refractivity contribution in [2.75, 3.05) is 13.2 Å². The molecule has 1 aromatic carbocycles. The highest BCUT2D eigenvalue weighted by Crippen LogP contribution is 2.32. The molecule has 1 aromatic rings. The van der Waals surface area contributed by atoms with Gasteiger partial charge >= 0.3 is 0 Å². The fraction of sp³-hybridized carbons (Fsp3) is 0.455. The zero-order valence-electron chi connectivity index (χ0n) is 8.09. The summed E-state index contributed by atoms with van der Waals surface area (Å²) >= 11 is 0. The summed E-state index contributed by atoms with van der Waals surface area (Å²) in [5, 5.41) is 10.0. The van der Waals surface area contributed by atoms with Crippen LogP contribution in [0.3, 0.4) is 0 Å². The molecular weight excluding hydrogens is 183 g/mol. The van der Waals surface area contributed by atoms with Crippen molar-refractivity contribution in [3.63, 3.8) is 0 Å². The highest BCUT2D eigenvalue weighted by molar-refractivity contribution is 5.34. The van der Waals surface area contributed by atoms with Gasteiger partial charge in [-0.2, -0.15) is 0 Å². The van der Waals surface area contributed by atoms with Gasteiger partial charge in [0.05, 0.1) is 13.2 Å². The highest BCUT2D eigenvalue weighted by atomic mass is 19.1. The molecule has 76 valence electrons. The number of aryl methyl sites for hydroxylation is 1. The number of benzene rings is 1. The van der Waals surface area contributed by atoms with Gasteiger partial charge in [0.2, 0.25) is 0 Å². The SMILES string of the molecule is CCc1ccc(F)cc1C1(O)COC1. The maximum Gasteiger partial charge on any atom is 0.136 e. The van der Waals surface area contributed by atoms with Gasteiger partial charge in [-0.25, -0.2) is 4.39 Å².